The van der Waals surface area contributed by atoms with Crippen molar-refractivity contribution < 1.29 is 9.90 Å². The van der Waals surface area contributed by atoms with Gasteiger partial charge in [-0.15, -0.1) is 0 Å². The lowest BCUT2D eigenvalue weighted by Crippen LogP contribution is -2.26. The molecule has 0 saturated carbocycles. The molecule has 1 radical (unpaired) electrons. The van der Waals surface area contributed by atoms with Gasteiger partial charge in [-0.1, -0.05) is 20.3 Å². The molecule has 0 aliphatic rings. The van der Waals surface area contributed by atoms with E-state index in [0.717, 1.165) is 6.42 Å². The summed E-state index contributed by atoms with van der Waals surface area (Å²) in [5.41, 5.74) is 0. The normalized spacial score (nSPS) is 12.6. The minimum atomic E-state index is -0.0298. The van der Waals surface area contributed by atoms with Crippen LogP contribution in [-0.4, -0.2) is 24.2 Å². The van der Waals surface area contributed by atoms with Crippen LogP contribution >= 0.6 is 0 Å². The molecule has 0 aromatic rings. The third-order valence-corrected chi connectivity index (χ3v) is 1.71. The number of amides is 1. The standard InChI is InChI=1S/C9H18NO2/c1-3-8(2)7-9(12)10-5-4-6-11/h7-8,11H,3-6H2,1-2H3,(H,10,12)/t8-/m1/s1. The first kappa shape index (κ1) is 11.4. The summed E-state index contributed by atoms with van der Waals surface area (Å²) in [6.07, 6.45) is 3.28. The van der Waals surface area contributed by atoms with Crippen LogP contribution in [0.15, 0.2) is 0 Å². The highest BCUT2D eigenvalue weighted by molar-refractivity contribution is 5.84. The molecule has 0 heterocycles. The van der Waals surface area contributed by atoms with Crippen LogP contribution in [0.5, 0.6) is 0 Å². The average molecular weight is 172 g/mol. The quantitative estimate of drug-likeness (QED) is 0.580. The van der Waals surface area contributed by atoms with Crippen molar-refractivity contribution in [2.45, 2.75) is 26.7 Å². The van der Waals surface area contributed by atoms with Crippen LogP contribution in [0.3, 0.4) is 0 Å². The van der Waals surface area contributed by atoms with Crippen molar-refractivity contribution in [2.75, 3.05) is 13.2 Å². The molecular weight excluding hydrogens is 154 g/mol. The maximum Gasteiger partial charge on any atom is 0.224 e. The van der Waals surface area contributed by atoms with Crippen molar-refractivity contribution in [3.8, 4) is 0 Å². The molecule has 2 N–H and O–H groups in total. The van der Waals surface area contributed by atoms with Gasteiger partial charge in [-0.25, -0.2) is 0 Å². The number of hydrogen-bond acceptors (Lipinski definition) is 2. The topological polar surface area (TPSA) is 49.3 Å². The van der Waals surface area contributed by atoms with Crippen molar-refractivity contribution in [1.29, 1.82) is 0 Å². The fourth-order valence-electron chi connectivity index (χ4n) is 0.726. The Labute approximate surface area is 74.2 Å². The largest absolute Gasteiger partial charge is 0.396 e. The average Bonchev–Trinajstić information content (AvgIpc) is 2.05. The molecule has 0 saturated heterocycles. The molecule has 0 aliphatic heterocycles. The SMILES string of the molecule is CC[C@@H](C)[CH]C(=O)NCCCO. The molecule has 0 aromatic carbocycles. The van der Waals surface area contributed by atoms with Gasteiger partial charge in [0.1, 0.15) is 0 Å². The third-order valence-electron chi connectivity index (χ3n) is 1.71. The van der Waals surface area contributed by atoms with Crippen LogP contribution in [0, 0.1) is 12.3 Å². The van der Waals surface area contributed by atoms with E-state index in [2.05, 4.69) is 5.32 Å². The number of nitrogens with one attached hydrogen (secondary N) is 1. The van der Waals surface area contributed by atoms with E-state index in [1.165, 1.54) is 0 Å². The molecule has 1 amide bonds. The van der Waals surface area contributed by atoms with Gasteiger partial charge in [0.2, 0.25) is 5.91 Å². The fourth-order valence-corrected chi connectivity index (χ4v) is 0.726. The zero-order chi connectivity index (χ0) is 9.40. The zero-order valence-electron chi connectivity index (χ0n) is 7.84. The number of hydrogen-bond donors (Lipinski definition) is 2. The molecule has 0 rings (SSSR count). The van der Waals surface area contributed by atoms with Crippen molar-refractivity contribution in [3.05, 3.63) is 6.42 Å². The van der Waals surface area contributed by atoms with Crippen molar-refractivity contribution in [2.24, 2.45) is 5.92 Å². The number of carbonyl (C=O) groups is 1. The van der Waals surface area contributed by atoms with Crippen LogP contribution < -0.4 is 5.32 Å². The fraction of sp³-hybridized carbons (Fsp3) is 0.778. The zero-order valence-corrected chi connectivity index (χ0v) is 7.84. The maximum atomic E-state index is 11.0. The molecule has 0 aromatic heterocycles. The molecule has 1 atom stereocenters. The maximum absolute atomic E-state index is 11.0. The van der Waals surface area contributed by atoms with E-state index in [0.29, 0.717) is 18.9 Å². The summed E-state index contributed by atoms with van der Waals surface area (Å²) < 4.78 is 0. The Morgan fingerprint density at radius 1 is 1.67 bits per heavy atom. The summed E-state index contributed by atoms with van der Waals surface area (Å²) in [5, 5.41) is 11.1. The Bertz CT molecular complexity index is 126. The van der Waals surface area contributed by atoms with E-state index in [4.69, 9.17) is 5.11 Å². The number of rotatable bonds is 6. The summed E-state index contributed by atoms with van der Waals surface area (Å²) in [7, 11) is 0. The van der Waals surface area contributed by atoms with Gasteiger partial charge in [0.05, 0.1) is 6.42 Å². The summed E-state index contributed by atoms with van der Waals surface area (Å²) in [6.45, 7) is 4.74. The lowest BCUT2D eigenvalue weighted by molar-refractivity contribution is -0.118. The number of aliphatic hydroxyl groups excluding tert-OH is 1. The summed E-state index contributed by atoms with van der Waals surface area (Å²) >= 11 is 0. The molecule has 12 heavy (non-hydrogen) atoms. The summed E-state index contributed by atoms with van der Waals surface area (Å²) in [4.78, 5) is 11.0. The molecule has 0 bridgehead atoms. The van der Waals surface area contributed by atoms with Gasteiger partial charge in [0.25, 0.3) is 0 Å². The van der Waals surface area contributed by atoms with E-state index in [9.17, 15) is 4.79 Å². The molecule has 0 aliphatic carbocycles. The molecule has 0 spiro atoms. The highest BCUT2D eigenvalue weighted by Gasteiger charge is 2.06. The lowest BCUT2D eigenvalue weighted by atomic mass is 10.1. The highest BCUT2D eigenvalue weighted by Crippen LogP contribution is 2.03. The lowest BCUT2D eigenvalue weighted by Gasteiger charge is -2.07. The Hall–Kier alpha value is -0.570. The predicted molar refractivity (Wildman–Crippen MR) is 48.5 cm³/mol. The van der Waals surface area contributed by atoms with Crippen LogP contribution in [-0.2, 0) is 4.79 Å². The van der Waals surface area contributed by atoms with Crippen molar-refractivity contribution in [1.82, 2.24) is 5.32 Å². The predicted octanol–water partition coefficient (Wildman–Crippen LogP) is 0.735. The van der Waals surface area contributed by atoms with E-state index in [1.54, 1.807) is 6.42 Å². The second-order valence-corrected chi connectivity index (χ2v) is 2.92. The van der Waals surface area contributed by atoms with Crippen molar-refractivity contribution >= 4 is 5.91 Å². The van der Waals surface area contributed by atoms with E-state index < -0.39 is 0 Å². The van der Waals surface area contributed by atoms with Gasteiger partial charge in [-0.05, 0) is 12.3 Å². The molecule has 0 unspecified atom stereocenters. The molecule has 71 valence electrons. The van der Waals surface area contributed by atoms with E-state index >= 15 is 0 Å². The third kappa shape index (κ3) is 6.16. The second-order valence-electron chi connectivity index (χ2n) is 2.92. The monoisotopic (exact) mass is 172 g/mol. The van der Waals surface area contributed by atoms with Crippen LogP contribution in [0.4, 0.5) is 0 Å². The molecule has 3 heteroatoms. The van der Waals surface area contributed by atoms with Gasteiger partial charge >= 0.3 is 0 Å². The second kappa shape index (κ2) is 7.10. The molecular formula is C9H18NO2. The van der Waals surface area contributed by atoms with Crippen LogP contribution in [0.2, 0.25) is 0 Å². The smallest absolute Gasteiger partial charge is 0.224 e. The number of aliphatic hydroxyl groups is 1. The minimum absolute atomic E-state index is 0.0298. The summed E-state index contributed by atoms with van der Waals surface area (Å²) in [5.74, 6) is 0.303. The Balaban J connectivity index is 3.33. The first-order valence-electron chi connectivity index (χ1n) is 4.44. The van der Waals surface area contributed by atoms with Crippen molar-refractivity contribution in [3.63, 3.8) is 0 Å². The van der Waals surface area contributed by atoms with Gasteiger partial charge < -0.3 is 10.4 Å². The Kier molecular flexibility index (Phi) is 6.76. The minimum Gasteiger partial charge on any atom is -0.396 e. The van der Waals surface area contributed by atoms with Gasteiger partial charge in [-0.3, -0.25) is 4.79 Å². The van der Waals surface area contributed by atoms with Crippen LogP contribution in [0.1, 0.15) is 26.7 Å². The Morgan fingerprint density at radius 2 is 2.33 bits per heavy atom. The van der Waals surface area contributed by atoms with Crippen LogP contribution in [0.25, 0.3) is 0 Å². The number of carbonyl (C=O) groups excluding carboxylic acids is 1. The van der Waals surface area contributed by atoms with Gasteiger partial charge in [-0.2, -0.15) is 0 Å². The van der Waals surface area contributed by atoms with E-state index in [1.807, 2.05) is 13.8 Å². The summed E-state index contributed by atoms with van der Waals surface area (Å²) in [6, 6.07) is 0. The Morgan fingerprint density at radius 3 is 2.83 bits per heavy atom. The highest BCUT2D eigenvalue weighted by atomic mass is 16.3. The van der Waals surface area contributed by atoms with E-state index in [-0.39, 0.29) is 12.5 Å². The first-order chi connectivity index (χ1) is 5.70. The first-order valence-corrected chi connectivity index (χ1v) is 4.44. The molecule has 0 fully saturated rings. The molecule has 3 nitrogen and oxygen atoms in total. The van der Waals surface area contributed by atoms with Gasteiger partial charge in [0, 0.05) is 13.2 Å². The van der Waals surface area contributed by atoms with Gasteiger partial charge in [0.15, 0.2) is 0 Å².